The molecule has 5 nitrogen and oxygen atoms in total. The Labute approximate surface area is 130 Å². The number of amides is 1. The van der Waals surface area contributed by atoms with Gasteiger partial charge in [-0.1, -0.05) is 29.8 Å². The van der Waals surface area contributed by atoms with E-state index in [0.29, 0.717) is 27.4 Å². The van der Waals surface area contributed by atoms with Crippen LogP contribution < -0.4 is 16.7 Å². The molecule has 1 amide bonds. The van der Waals surface area contributed by atoms with E-state index in [4.69, 9.17) is 21.8 Å². The summed E-state index contributed by atoms with van der Waals surface area (Å²) in [5.41, 5.74) is 6.07. The number of nitrogen functional groups attached to an aromatic ring is 1. The quantitative estimate of drug-likeness (QED) is 0.561. The number of benzene rings is 2. The molecular formula is C16H11ClN2O3. The van der Waals surface area contributed by atoms with Crippen molar-refractivity contribution in [2.24, 2.45) is 0 Å². The van der Waals surface area contributed by atoms with E-state index in [0.717, 1.165) is 0 Å². The van der Waals surface area contributed by atoms with E-state index in [9.17, 15) is 9.59 Å². The molecule has 0 fully saturated rings. The molecule has 110 valence electrons. The van der Waals surface area contributed by atoms with Crippen molar-refractivity contribution in [2.75, 3.05) is 11.1 Å². The molecule has 0 aliphatic carbocycles. The van der Waals surface area contributed by atoms with E-state index >= 15 is 0 Å². The topological polar surface area (TPSA) is 85.3 Å². The minimum absolute atomic E-state index is 0.0911. The van der Waals surface area contributed by atoms with E-state index in [1.165, 1.54) is 12.1 Å². The molecule has 1 aromatic heterocycles. The van der Waals surface area contributed by atoms with Gasteiger partial charge in [0.15, 0.2) is 0 Å². The Morgan fingerprint density at radius 1 is 1.14 bits per heavy atom. The van der Waals surface area contributed by atoms with Crippen LogP contribution in [0.3, 0.4) is 0 Å². The Morgan fingerprint density at radius 3 is 2.68 bits per heavy atom. The number of fused-ring (bicyclic) bond motifs is 1. The number of carbonyl (C=O) groups excluding carboxylic acids is 1. The van der Waals surface area contributed by atoms with Crippen molar-refractivity contribution in [1.82, 2.24) is 0 Å². The summed E-state index contributed by atoms with van der Waals surface area (Å²) in [7, 11) is 0. The summed E-state index contributed by atoms with van der Waals surface area (Å²) in [6.07, 6.45) is 0. The molecule has 6 heteroatoms. The number of para-hydroxylation sites is 1. The van der Waals surface area contributed by atoms with E-state index < -0.39 is 11.5 Å². The van der Waals surface area contributed by atoms with Gasteiger partial charge in [0.05, 0.1) is 10.7 Å². The van der Waals surface area contributed by atoms with Crippen LogP contribution in [0, 0.1) is 0 Å². The lowest BCUT2D eigenvalue weighted by molar-refractivity contribution is 0.102. The van der Waals surface area contributed by atoms with Crippen LogP contribution in [0.15, 0.2) is 57.7 Å². The molecule has 22 heavy (non-hydrogen) atoms. The minimum Gasteiger partial charge on any atom is -0.422 e. The molecule has 2 aromatic carbocycles. The van der Waals surface area contributed by atoms with Gasteiger partial charge in [-0.2, -0.15) is 0 Å². The highest BCUT2D eigenvalue weighted by atomic mass is 35.5. The summed E-state index contributed by atoms with van der Waals surface area (Å²) < 4.78 is 5.13. The summed E-state index contributed by atoms with van der Waals surface area (Å²) in [5, 5.41) is 3.53. The number of hydrogen-bond donors (Lipinski definition) is 2. The normalized spacial score (nSPS) is 10.6. The SMILES string of the molecule is Nc1ccc(NC(=O)c2cc3ccccc3oc2=O)c(Cl)c1. The molecule has 0 bridgehead atoms. The van der Waals surface area contributed by atoms with E-state index in [1.54, 1.807) is 36.4 Å². The number of nitrogens with two attached hydrogens (primary N) is 1. The van der Waals surface area contributed by atoms with Crippen LogP contribution in [0.4, 0.5) is 11.4 Å². The van der Waals surface area contributed by atoms with Crippen molar-refractivity contribution < 1.29 is 9.21 Å². The van der Waals surface area contributed by atoms with Crippen molar-refractivity contribution in [3.63, 3.8) is 0 Å². The van der Waals surface area contributed by atoms with Crippen LogP contribution in [-0.2, 0) is 0 Å². The number of nitrogens with one attached hydrogen (secondary N) is 1. The third kappa shape index (κ3) is 2.66. The van der Waals surface area contributed by atoms with Gasteiger partial charge in [-0.3, -0.25) is 4.79 Å². The average molecular weight is 315 g/mol. The second-order valence-electron chi connectivity index (χ2n) is 4.68. The van der Waals surface area contributed by atoms with Crippen LogP contribution in [-0.4, -0.2) is 5.91 Å². The first kappa shape index (κ1) is 14.2. The third-order valence-electron chi connectivity index (χ3n) is 3.13. The number of hydrogen-bond acceptors (Lipinski definition) is 4. The van der Waals surface area contributed by atoms with Gasteiger partial charge < -0.3 is 15.5 Å². The van der Waals surface area contributed by atoms with Crippen LogP contribution in [0.25, 0.3) is 11.0 Å². The highest BCUT2D eigenvalue weighted by Gasteiger charge is 2.15. The smallest absolute Gasteiger partial charge is 0.349 e. The zero-order valence-electron chi connectivity index (χ0n) is 11.3. The Bertz CT molecular complexity index is 934. The first-order valence-electron chi connectivity index (χ1n) is 6.44. The lowest BCUT2D eigenvalue weighted by atomic mass is 10.1. The Morgan fingerprint density at radius 2 is 1.91 bits per heavy atom. The van der Waals surface area contributed by atoms with Crippen molar-refractivity contribution in [1.29, 1.82) is 0 Å². The number of halogens is 1. The zero-order chi connectivity index (χ0) is 15.7. The first-order chi connectivity index (χ1) is 10.5. The number of rotatable bonds is 2. The fourth-order valence-electron chi connectivity index (χ4n) is 2.04. The summed E-state index contributed by atoms with van der Waals surface area (Å²) in [4.78, 5) is 24.2. The van der Waals surface area contributed by atoms with Gasteiger partial charge in [0.25, 0.3) is 5.91 Å². The summed E-state index contributed by atoms with van der Waals surface area (Å²) in [5.74, 6) is -0.592. The molecule has 3 N–H and O–H groups in total. The highest BCUT2D eigenvalue weighted by Crippen LogP contribution is 2.24. The maximum Gasteiger partial charge on any atom is 0.349 e. The van der Waals surface area contributed by atoms with Crippen molar-refractivity contribution in [3.05, 3.63) is 69.5 Å². The lowest BCUT2D eigenvalue weighted by Gasteiger charge is -2.07. The van der Waals surface area contributed by atoms with Gasteiger partial charge in [-0.05, 0) is 30.3 Å². The second-order valence-corrected chi connectivity index (χ2v) is 5.09. The molecule has 3 rings (SSSR count). The second kappa shape index (κ2) is 5.54. The standard InChI is InChI=1S/C16H11ClN2O3/c17-12-8-10(18)5-6-13(12)19-15(20)11-7-9-3-1-2-4-14(9)22-16(11)21/h1-8H,18H2,(H,19,20). The van der Waals surface area contributed by atoms with Crippen LogP contribution in [0.1, 0.15) is 10.4 Å². The first-order valence-corrected chi connectivity index (χ1v) is 6.81. The van der Waals surface area contributed by atoms with Gasteiger partial charge in [0, 0.05) is 11.1 Å². The Kier molecular flexibility index (Phi) is 3.56. The van der Waals surface area contributed by atoms with Gasteiger partial charge in [0.1, 0.15) is 11.1 Å². The fraction of sp³-hybridized carbons (Fsp3) is 0. The fourth-order valence-corrected chi connectivity index (χ4v) is 2.28. The zero-order valence-corrected chi connectivity index (χ0v) is 12.1. The van der Waals surface area contributed by atoms with Gasteiger partial charge in [-0.25, -0.2) is 4.79 Å². The van der Waals surface area contributed by atoms with Gasteiger partial charge >= 0.3 is 5.63 Å². The van der Waals surface area contributed by atoms with Crippen LogP contribution >= 0.6 is 11.6 Å². The van der Waals surface area contributed by atoms with E-state index in [1.807, 2.05) is 0 Å². The van der Waals surface area contributed by atoms with E-state index in [-0.39, 0.29) is 5.56 Å². The highest BCUT2D eigenvalue weighted by molar-refractivity contribution is 6.34. The maximum absolute atomic E-state index is 12.3. The van der Waals surface area contributed by atoms with Crippen molar-refractivity contribution in [2.45, 2.75) is 0 Å². The molecule has 0 atom stereocenters. The van der Waals surface area contributed by atoms with Crippen LogP contribution in [0.5, 0.6) is 0 Å². The lowest BCUT2D eigenvalue weighted by Crippen LogP contribution is -2.20. The molecule has 3 aromatic rings. The summed E-state index contributed by atoms with van der Waals surface area (Å²) in [6, 6.07) is 13.1. The third-order valence-corrected chi connectivity index (χ3v) is 3.44. The maximum atomic E-state index is 12.3. The molecule has 1 heterocycles. The van der Waals surface area contributed by atoms with Crippen LogP contribution in [0.2, 0.25) is 5.02 Å². The monoisotopic (exact) mass is 314 g/mol. The predicted molar refractivity (Wildman–Crippen MR) is 86.3 cm³/mol. The Balaban J connectivity index is 1.98. The van der Waals surface area contributed by atoms with Gasteiger partial charge in [0.2, 0.25) is 0 Å². The number of carbonyl (C=O) groups is 1. The molecule has 0 saturated heterocycles. The average Bonchev–Trinajstić information content (AvgIpc) is 2.49. The predicted octanol–water partition coefficient (Wildman–Crippen LogP) is 3.28. The minimum atomic E-state index is -0.706. The molecule has 0 radical (unpaired) electrons. The van der Waals surface area contributed by atoms with E-state index in [2.05, 4.69) is 5.32 Å². The van der Waals surface area contributed by atoms with Gasteiger partial charge in [-0.15, -0.1) is 0 Å². The summed E-state index contributed by atoms with van der Waals surface area (Å²) >= 11 is 6.00. The van der Waals surface area contributed by atoms with Crippen molar-refractivity contribution >= 4 is 39.9 Å². The summed E-state index contributed by atoms with van der Waals surface area (Å²) in [6.45, 7) is 0. The molecule has 0 aliphatic rings. The molecule has 0 saturated carbocycles. The molecule has 0 aliphatic heterocycles. The molecular weight excluding hydrogens is 304 g/mol. The Hall–Kier alpha value is -2.79. The van der Waals surface area contributed by atoms with Crippen molar-refractivity contribution in [3.8, 4) is 0 Å². The number of anilines is 2. The molecule has 0 spiro atoms. The largest absolute Gasteiger partial charge is 0.422 e. The molecule has 0 unspecified atom stereocenters.